The number of hydrogen-bond donors (Lipinski definition) is 0. The molecule has 0 amide bonds. The van der Waals surface area contributed by atoms with Gasteiger partial charge in [0.2, 0.25) is 0 Å². The Labute approximate surface area is 83.1 Å². The molecule has 0 aliphatic carbocycles. The highest BCUT2D eigenvalue weighted by atomic mass is 16.6. The van der Waals surface area contributed by atoms with E-state index < -0.39 is 0 Å². The van der Waals surface area contributed by atoms with Gasteiger partial charge in [-0.15, -0.1) is 0 Å². The Morgan fingerprint density at radius 3 is 2.50 bits per heavy atom. The molecule has 0 spiro atoms. The van der Waals surface area contributed by atoms with Crippen LogP contribution in [-0.2, 0) is 0 Å². The van der Waals surface area contributed by atoms with Gasteiger partial charge in [0.1, 0.15) is 5.76 Å². The van der Waals surface area contributed by atoms with Crippen LogP contribution >= 0.6 is 0 Å². The molecule has 0 N–H and O–H groups in total. The van der Waals surface area contributed by atoms with E-state index in [0.29, 0.717) is 5.95 Å². The SMILES string of the molecule is COc1oc(C)cc1-c1ccccc1. The fourth-order valence-electron chi connectivity index (χ4n) is 1.46. The Bertz CT molecular complexity index is 415. The molecule has 0 fully saturated rings. The van der Waals surface area contributed by atoms with E-state index in [9.17, 15) is 0 Å². The van der Waals surface area contributed by atoms with Crippen LogP contribution in [-0.4, -0.2) is 7.11 Å². The first kappa shape index (κ1) is 8.88. The molecule has 0 bridgehead atoms. The molecule has 2 nitrogen and oxygen atoms in total. The standard InChI is InChI=1S/C12H12O2/c1-9-8-11(12(13-2)14-9)10-6-4-3-5-7-10/h3-8H,1-2H3. The van der Waals surface area contributed by atoms with Gasteiger partial charge < -0.3 is 9.15 Å². The summed E-state index contributed by atoms with van der Waals surface area (Å²) in [6.07, 6.45) is 0. The van der Waals surface area contributed by atoms with Crippen LogP contribution in [0.1, 0.15) is 5.76 Å². The van der Waals surface area contributed by atoms with E-state index in [1.807, 2.05) is 43.3 Å². The summed E-state index contributed by atoms with van der Waals surface area (Å²) >= 11 is 0. The van der Waals surface area contributed by atoms with E-state index >= 15 is 0 Å². The predicted octanol–water partition coefficient (Wildman–Crippen LogP) is 3.26. The summed E-state index contributed by atoms with van der Waals surface area (Å²) in [5.74, 6) is 1.44. The zero-order chi connectivity index (χ0) is 9.97. The third-order valence-electron chi connectivity index (χ3n) is 2.09. The maximum Gasteiger partial charge on any atom is 0.292 e. The first-order valence-electron chi connectivity index (χ1n) is 4.51. The van der Waals surface area contributed by atoms with Crippen molar-refractivity contribution in [3.8, 4) is 17.1 Å². The molecular formula is C12H12O2. The quantitative estimate of drug-likeness (QED) is 0.721. The van der Waals surface area contributed by atoms with Gasteiger partial charge in [-0.3, -0.25) is 0 Å². The van der Waals surface area contributed by atoms with Crippen molar-refractivity contribution in [2.45, 2.75) is 6.92 Å². The Hall–Kier alpha value is -1.70. The Balaban J connectivity index is 2.51. The maximum atomic E-state index is 5.40. The lowest BCUT2D eigenvalue weighted by atomic mass is 10.1. The predicted molar refractivity (Wildman–Crippen MR) is 55.4 cm³/mol. The van der Waals surface area contributed by atoms with Gasteiger partial charge in [0.05, 0.1) is 12.7 Å². The van der Waals surface area contributed by atoms with Crippen LogP contribution in [0, 0.1) is 6.92 Å². The highest BCUT2D eigenvalue weighted by Gasteiger charge is 2.10. The van der Waals surface area contributed by atoms with Crippen molar-refractivity contribution < 1.29 is 9.15 Å². The molecule has 2 aromatic rings. The topological polar surface area (TPSA) is 22.4 Å². The van der Waals surface area contributed by atoms with Gasteiger partial charge in [0.15, 0.2) is 0 Å². The first-order chi connectivity index (χ1) is 6.81. The highest BCUT2D eigenvalue weighted by molar-refractivity contribution is 5.68. The molecule has 2 heteroatoms. The summed E-state index contributed by atoms with van der Waals surface area (Å²) in [7, 11) is 1.62. The van der Waals surface area contributed by atoms with Gasteiger partial charge in [0.25, 0.3) is 5.95 Å². The minimum absolute atomic E-state index is 0.577. The molecule has 2 rings (SSSR count). The van der Waals surface area contributed by atoms with Crippen LogP contribution in [0.4, 0.5) is 0 Å². The molecule has 0 saturated heterocycles. The maximum absolute atomic E-state index is 5.40. The second-order valence-corrected chi connectivity index (χ2v) is 3.13. The van der Waals surface area contributed by atoms with E-state index in [1.165, 1.54) is 0 Å². The van der Waals surface area contributed by atoms with Gasteiger partial charge in [-0.05, 0) is 18.6 Å². The summed E-state index contributed by atoms with van der Waals surface area (Å²) in [6.45, 7) is 1.91. The van der Waals surface area contributed by atoms with Gasteiger partial charge >= 0.3 is 0 Å². The lowest BCUT2D eigenvalue weighted by molar-refractivity contribution is 0.300. The molecule has 0 aliphatic rings. The number of aryl methyl sites for hydroxylation is 1. The van der Waals surface area contributed by atoms with Crippen LogP contribution in [0.25, 0.3) is 11.1 Å². The van der Waals surface area contributed by atoms with Crippen LogP contribution in [0.5, 0.6) is 5.95 Å². The van der Waals surface area contributed by atoms with Crippen molar-refractivity contribution >= 4 is 0 Å². The second-order valence-electron chi connectivity index (χ2n) is 3.13. The summed E-state index contributed by atoms with van der Waals surface area (Å²) < 4.78 is 10.5. The van der Waals surface area contributed by atoms with E-state index in [1.54, 1.807) is 7.11 Å². The van der Waals surface area contributed by atoms with Crippen molar-refractivity contribution in [1.29, 1.82) is 0 Å². The Morgan fingerprint density at radius 1 is 1.14 bits per heavy atom. The number of benzene rings is 1. The van der Waals surface area contributed by atoms with E-state index in [0.717, 1.165) is 16.9 Å². The largest absolute Gasteiger partial charge is 0.468 e. The minimum Gasteiger partial charge on any atom is -0.468 e. The highest BCUT2D eigenvalue weighted by Crippen LogP contribution is 2.32. The monoisotopic (exact) mass is 188 g/mol. The zero-order valence-electron chi connectivity index (χ0n) is 8.28. The molecule has 0 radical (unpaired) electrons. The average molecular weight is 188 g/mol. The normalized spacial score (nSPS) is 10.1. The van der Waals surface area contributed by atoms with Crippen LogP contribution in [0.3, 0.4) is 0 Å². The summed E-state index contributed by atoms with van der Waals surface area (Å²) in [6, 6.07) is 12.0. The Kier molecular flexibility index (Phi) is 2.27. The third kappa shape index (κ3) is 1.51. The lowest BCUT2D eigenvalue weighted by Gasteiger charge is -1.99. The lowest BCUT2D eigenvalue weighted by Crippen LogP contribution is -1.82. The molecule has 0 aliphatic heterocycles. The van der Waals surface area contributed by atoms with Crippen LogP contribution in [0.15, 0.2) is 40.8 Å². The molecule has 0 unspecified atom stereocenters. The number of hydrogen-bond acceptors (Lipinski definition) is 2. The molecule has 72 valence electrons. The molecule has 0 saturated carbocycles. The van der Waals surface area contributed by atoms with Crippen molar-refractivity contribution in [2.75, 3.05) is 7.11 Å². The van der Waals surface area contributed by atoms with Gasteiger partial charge in [-0.1, -0.05) is 30.3 Å². The van der Waals surface area contributed by atoms with Crippen molar-refractivity contribution in [1.82, 2.24) is 0 Å². The van der Waals surface area contributed by atoms with E-state index in [-0.39, 0.29) is 0 Å². The van der Waals surface area contributed by atoms with Crippen LogP contribution < -0.4 is 4.74 Å². The number of furan rings is 1. The number of rotatable bonds is 2. The van der Waals surface area contributed by atoms with Crippen molar-refractivity contribution in [3.63, 3.8) is 0 Å². The third-order valence-corrected chi connectivity index (χ3v) is 2.09. The average Bonchev–Trinajstić information content (AvgIpc) is 2.61. The van der Waals surface area contributed by atoms with Crippen molar-refractivity contribution in [3.05, 3.63) is 42.2 Å². The van der Waals surface area contributed by atoms with Gasteiger partial charge in [0, 0.05) is 0 Å². The first-order valence-corrected chi connectivity index (χ1v) is 4.51. The zero-order valence-corrected chi connectivity index (χ0v) is 8.28. The smallest absolute Gasteiger partial charge is 0.292 e. The number of methoxy groups -OCH3 is 1. The summed E-state index contributed by atoms with van der Waals surface area (Å²) in [4.78, 5) is 0. The summed E-state index contributed by atoms with van der Waals surface area (Å²) in [5.41, 5.74) is 2.12. The molecule has 0 atom stereocenters. The summed E-state index contributed by atoms with van der Waals surface area (Å²) in [5, 5.41) is 0. The molecule has 1 heterocycles. The molecular weight excluding hydrogens is 176 g/mol. The van der Waals surface area contributed by atoms with Crippen LogP contribution in [0.2, 0.25) is 0 Å². The fourth-order valence-corrected chi connectivity index (χ4v) is 1.46. The second kappa shape index (κ2) is 3.58. The van der Waals surface area contributed by atoms with E-state index in [4.69, 9.17) is 9.15 Å². The van der Waals surface area contributed by atoms with E-state index in [2.05, 4.69) is 0 Å². The molecule has 1 aromatic carbocycles. The number of ether oxygens (including phenoxy) is 1. The fraction of sp³-hybridized carbons (Fsp3) is 0.167. The van der Waals surface area contributed by atoms with Crippen molar-refractivity contribution in [2.24, 2.45) is 0 Å². The molecule has 1 aromatic heterocycles. The van der Waals surface area contributed by atoms with Gasteiger partial charge in [-0.2, -0.15) is 0 Å². The minimum atomic E-state index is 0.577. The van der Waals surface area contributed by atoms with Gasteiger partial charge in [-0.25, -0.2) is 0 Å². The molecule has 14 heavy (non-hydrogen) atoms. The Morgan fingerprint density at radius 2 is 1.86 bits per heavy atom.